The molecule has 4 heteroatoms. The van der Waals surface area contributed by atoms with Gasteiger partial charge in [-0.1, -0.05) is 12.1 Å². The van der Waals surface area contributed by atoms with Crippen LogP contribution in [0, 0.1) is 3.57 Å². The molecule has 0 aromatic heterocycles. The predicted octanol–water partition coefficient (Wildman–Crippen LogP) is 3.51. The van der Waals surface area contributed by atoms with E-state index >= 15 is 0 Å². The van der Waals surface area contributed by atoms with Gasteiger partial charge in [0, 0.05) is 27.1 Å². The van der Waals surface area contributed by atoms with E-state index in [1.54, 1.807) is 0 Å². The van der Waals surface area contributed by atoms with Crippen LogP contribution in [0.15, 0.2) is 42.5 Å². The zero-order valence-corrected chi connectivity index (χ0v) is 12.4. The van der Waals surface area contributed by atoms with Gasteiger partial charge in [0.2, 0.25) is 0 Å². The van der Waals surface area contributed by atoms with Crippen molar-refractivity contribution in [2.24, 2.45) is 0 Å². The van der Waals surface area contributed by atoms with Gasteiger partial charge in [-0.05, 0) is 64.9 Å². The smallest absolute Gasteiger partial charge is 0.255 e. The van der Waals surface area contributed by atoms with Crippen LogP contribution in [0.3, 0.4) is 0 Å². The summed E-state index contributed by atoms with van der Waals surface area (Å²) in [5.74, 6) is -0.0708. The van der Waals surface area contributed by atoms with Crippen molar-refractivity contribution in [3.63, 3.8) is 0 Å². The zero-order chi connectivity index (χ0) is 13.2. The summed E-state index contributed by atoms with van der Waals surface area (Å²) in [6.07, 6.45) is 1.04. The first-order valence-electron chi connectivity index (χ1n) is 6.16. The number of amides is 1. The van der Waals surface area contributed by atoms with E-state index in [0.717, 1.165) is 27.9 Å². The highest BCUT2D eigenvalue weighted by atomic mass is 127. The van der Waals surface area contributed by atoms with Crippen LogP contribution in [0.2, 0.25) is 0 Å². The minimum Gasteiger partial charge on any atom is -0.384 e. The lowest BCUT2D eigenvalue weighted by atomic mass is 10.1. The van der Waals surface area contributed by atoms with Crippen molar-refractivity contribution in [3.05, 3.63) is 57.2 Å². The van der Waals surface area contributed by atoms with Crippen molar-refractivity contribution in [1.82, 2.24) is 0 Å². The molecule has 2 aromatic carbocycles. The average molecular weight is 364 g/mol. The van der Waals surface area contributed by atoms with E-state index in [0.29, 0.717) is 5.56 Å². The molecule has 0 saturated heterocycles. The van der Waals surface area contributed by atoms with Gasteiger partial charge in [-0.25, -0.2) is 0 Å². The van der Waals surface area contributed by atoms with Gasteiger partial charge in [-0.15, -0.1) is 0 Å². The Bertz CT molecular complexity index is 640. The lowest BCUT2D eigenvalue weighted by Gasteiger charge is -2.07. The summed E-state index contributed by atoms with van der Waals surface area (Å²) in [4.78, 5) is 12.2. The maximum absolute atomic E-state index is 12.2. The Balaban J connectivity index is 1.81. The molecule has 2 N–H and O–H groups in total. The minimum atomic E-state index is -0.0708. The molecule has 1 heterocycles. The molecule has 1 aliphatic rings. The number of hydrogen-bond donors (Lipinski definition) is 2. The van der Waals surface area contributed by atoms with Crippen molar-refractivity contribution in [2.75, 3.05) is 17.2 Å². The van der Waals surface area contributed by atoms with Crippen molar-refractivity contribution < 1.29 is 4.79 Å². The van der Waals surface area contributed by atoms with Crippen molar-refractivity contribution >= 4 is 39.9 Å². The molecule has 0 saturated carbocycles. The monoisotopic (exact) mass is 364 g/mol. The normalized spacial score (nSPS) is 12.7. The average Bonchev–Trinajstić information content (AvgIpc) is 2.85. The van der Waals surface area contributed by atoms with Gasteiger partial charge in [0.1, 0.15) is 0 Å². The Hall–Kier alpha value is -1.56. The Morgan fingerprint density at radius 2 is 2.11 bits per heavy atom. The van der Waals surface area contributed by atoms with Crippen LogP contribution in [0.1, 0.15) is 15.9 Å². The third-order valence-electron chi connectivity index (χ3n) is 3.16. The van der Waals surface area contributed by atoms with E-state index in [1.807, 2.05) is 42.5 Å². The Morgan fingerprint density at radius 1 is 1.21 bits per heavy atom. The number of anilines is 2. The largest absolute Gasteiger partial charge is 0.384 e. The zero-order valence-electron chi connectivity index (χ0n) is 10.2. The van der Waals surface area contributed by atoms with Gasteiger partial charge in [0.05, 0.1) is 0 Å². The fraction of sp³-hybridized carbons (Fsp3) is 0.133. The molecule has 0 aliphatic carbocycles. The predicted molar refractivity (Wildman–Crippen MR) is 85.7 cm³/mol. The summed E-state index contributed by atoms with van der Waals surface area (Å²) in [6, 6.07) is 13.6. The number of nitrogens with one attached hydrogen (secondary N) is 2. The highest BCUT2D eigenvalue weighted by Gasteiger charge is 2.13. The van der Waals surface area contributed by atoms with Crippen LogP contribution in [0.5, 0.6) is 0 Å². The van der Waals surface area contributed by atoms with Gasteiger partial charge in [0.15, 0.2) is 0 Å². The van der Waals surface area contributed by atoms with Gasteiger partial charge < -0.3 is 10.6 Å². The number of carbonyl (C=O) groups is 1. The topological polar surface area (TPSA) is 41.1 Å². The summed E-state index contributed by atoms with van der Waals surface area (Å²) >= 11 is 2.23. The maximum Gasteiger partial charge on any atom is 0.255 e. The van der Waals surface area contributed by atoms with Crippen molar-refractivity contribution in [1.29, 1.82) is 0 Å². The third kappa shape index (κ3) is 2.73. The van der Waals surface area contributed by atoms with Gasteiger partial charge in [-0.2, -0.15) is 0 Å². The molecule has 0 bridgehead atoms. The molecule has 96 valence electrons. The number of hydrogen-bond acceptors (Lipinski definition) is 2. The summed E-state index contributed by atoms with van der Waals surface area (Å²) < 4.78 is 1.10. The second kappa shape index (κ2) is 5.21. The first kappa shape index (κ1) is 12.5. The molecular formula is C15H13IN2O. The highest BCUT2D eigenvalue weighted by molar-refractivity contribution is 14.1. The molecule has 3 rings (SSSR count). The molecule has 0 atom stereocenters. The van der Waals surface area contributed by atoms with Crippen LogP contribution in [0.25, 0.3) is 0 Å². The van der Waals surface area contributed by atoms with Crippen LogP contribution in [0.4, 0.5) is 11.4 Å². The summed E-state index contributed by atoms with van der Waals surface area (Å²) in [5, 5.41) is 6.21. The van der Waals surface area contributed by atoms with Crippen molar-refractivity contribution in [3.8, 4) is 0 Å². The first-order valence-corrected chi connectivity index (χ1v) is 7.24. The fourth-order valence-corrected chi connectivity index (χ4v) is 2.74. The second-order valence-corrected chi connectivity index (χ2v) is 5.76. The molecule has 1 amide bonds. The Morgan fingerprint density at radius 3 is 2.95 bits per heavy atom. The molecule has 19 heavy (non-hydrogen) atoms. The molecule has 0 radical (unpaired) electrons. The summed E-state index contributed by atoms with van der Waals surface area (Å²) in [5.41, 5.74) is 3.87. The number of fused-ring (bicyclic) bond motifs is 1. The lowest BCUT2D eigenvalue weighted by Crippen LogP contribution is -2.12. The van der Waals surface area contributed by atoms with E-state index in [4.69, 9.17) is 0 Å². The van der Waals surface area contributed by atoms with Crippen LogP contribution >= 0.6 is 22.6 Å². The quantitative estimate of drug-likeness (QED) is 0.801. The van der Waals surface area contributed by atoms with Crippen LogP contribution < -0.4 is 10.6 Å². The van der Waals surface area contributed by atoms with E-state index in [1.165, 1.54) is 5.56 Å². The Kier molecular flexibility index (Phi) is 3.42. The first-order chi connectivity index (χ1) is 9.22. The summed E-state index contributed by atoms with van der Waals surface area (Å²) in [6.45, 7) is 0.956. The minimum absolute atomic E-state index is 0.0708. The fourth-order valence-electron chi connectivity index (χ4n) is 2.20. The standard InChI is InChI=1S/C15H13IN2O/c16-12-2-1-3-13(9-12)18-15(19)11-5-4-10-6-7-17-14(10)8-11/h1-5,8-9,17H,6-7H2,(H,18,19). The maximum atomic E-state index is 12.2. The van der Waals surface area contributed by atoms with E-state index in [9.17, 15) is 4.79 Å². The highest BCUT2D eigenvalue weighted by Crippen LogP contribution is 2.23. The molecule has 0 unspecified atom stereocenters. The second-order valence-electron chi connectivity index (χ2n) is 4.51. The van der Waals surface area contributed by atoms with E-state index < -0.39 is 0 Å². The SMILES string of the molecule is O=C(Nc1cccc(I)c1)c1ccc2c(c1)NCC2. The van der Waals surface area contributed by atoms with E-state index in [-0.39, 0.29) is 5.91 Å². The van der Waals surface area contributed by atoms with Gasteiger partial charge >= 0.3 is 0 Å². The van der Waals surface area contributed by atoms with Crippen molar-refractivity contribution in [2.45, 2.75) is 6.42 Å². The van der Waals surface area contributed by atoms with Crippen LogP contribution in [-0.4, -0.2) is 12.5 Å². The molecular weight excluding hydrogens is 351 g/mol. The number of benzene rings is 2. The lowest BCUT2D eigenvalue weighted by molar-refractivity contribution is 0.102. The molecule has 1 aliphatic heterocycles. The summed E-state index contributed by atoms with van der Waals surface area (Å²) in [7, 11) is 0. The molecule has 3 nitrogen and oxygen atoms in total. The molecule has 2 aromatic rings. The Labute approximate surface area is 125 Å². The molecule has 0 fully saturated rings. The number of rotatable bonds is 2. The van der Waals surface area contributed by atoms with Crippen LogP contribution in [-0.2, 0) is 6.42 Å². The van der Waals surface area contributed by atoms with Gasteiger partial charge in [-0.3, -0.25) is 4.79 Å². The number of halogens is 1. The molecule has 0 spiro atoms. The third-order valence-corrected chi connectivity index (χ3v) is 3.84. The van der Waals surface area contributed by atoms with Gasteiger partial charge in [0.25, 0.3) is 5.91 Å². The van der Waals surface area contributed by atoms with E-state index in [2.05, 4.69) is 33.2 Å². The number of carbonyl (C=O) groups excluding carboxylic acids is 1.